The smallest absolute Gasteiger partial charge is 0.159 e. The second-order valence-corrected chi connectivity index (χ2v) is 9.77. The second-order valence-electron chi connectivity index (χ2n) is 9.77. The Bertz CT molecular complexity index is 733. The number of aromatic nitrogens is 2. The molecule has 0 amide bonds. The predicted molar refractivity (Wildman–Crippen MR) is 135 cm³/mol. The molecular weight excluding hydrogens is 392 g/mol. The molecule has 0 N–H and O–H groups in total. The van der Waals surface area contributed by atoms with Crippen LogP contribution in [0.3, 0.4) is 0 Å². The summed E-state index contributed by atoms with van der Waals surface area (Å²) in [6.07, 6.45) is 22.7. The molecule has 3 nitrogen and oxygen atoms in total. The summed E-state index contributed by atoms with van der Waals surface area (Å²) in [6, 6.07) is 8.20. The summed E-state index contributed by atoms with van der Waals surface area (Å²) >= 11 is 0. The Balaban J connectivity index is 1.38. The third-order valence-electron chi connectivity index (χ3n) is 7.11. The molecule has 3 heteroatoms. The number of ether oxygens (including phenoxy) is 1. The Labute approximate surface area is 196 Å². The van der Waals surface area contributed by atoms with Crippen molar-refractivity contribution in [2.75, 3.05) is 6.61 Å². The molecule has 1 aliphatic carbocycles. The lowest BCUT2D eigenvalue weighted by Crippen LogP contribution is -2.15. The van der Waals surface area contributed by atoms with Crippen LogP contribution in [-0.2, 0) is 6.42 Å². The fourth-order valence-electron chi connectivity index (χ4n) is 4.91. The summed E-state index contributed by atoms with van der Waals surface area (Å²) < 4.78 is 5.84. The van der Waals surface area contributed by atoms with E-state index in [0.29, 0.717) is 0 Å². The van der Waals surface area contributed by atoms with Crippen molar-refractivity contribution in [2.24, 2.45) is 11.8 Å². The van der Waals surface area contributed by atoms with Gasteiger partial charge >= 0.3 is 0 Å². The summed E-state index contributed by atoms with van der Waals surface area (Å²) in [5.41, 5.74) is 2.32. The number of unbranched alkanes of at least 4 members (excludes halogenated alkanes) is 5. The van der Waals surface area contributed by atoms with Gasteiger partial charge in [-0.1, -0.05) is 84.5 Å². The second kappa shape index (κ2) is 14.3. The minimum atomic E-state index is 0.797. The average Bonchev–Trinajstić information content (AvgIpc) is 2.84. The van der Waals surface area contributed by atoms with Crippen molar-refractivity contribution in [1.82, 2.24) is 9.97 Å². The molecule has 0 radical (unpaired) electrons. The normalized spacial score (nSPS) is 18.6. The highest BCUT2D eigenvalue weighted by atomic mass is 16.5. The van der Waals surface area contributed by atoms with E-state index in [9.17, 15) is 0 Å². The molecule has 1 saturated carbocycles. The third-order valence-corrected chi connectivity index (χ3v) is 7.11. The van der Waals surface area contributed by atoms with Crippen LogP contribution in [0.5, 0.6) is 5.75 Å². The van der Waals surface area contributed by atoms with E-state index in [2.05, 4.69) is 35.9 Å². The van der Waals surface area contributed by atoms with E-state index in [1.54, 1.807) is 0 Å². The number of hydrogen-bond acceptors (Lipinski definition) is 3. The number of nitrogens with zero attached hydrogens (tertiary/aromatic N) is 2. The van der Waals surface area contributed by atoms with E-state index >= 15 is 0 Å². The van der Waals surface area contributed by atoms with Gasteiger partial charge in [-0.25, -0.2) is 9.97 Å². The fraction of sp³-hybridized carbons (Fsp3) is 0.655. The first-order chi connectivity index (χ1) is 15.8. The molecule has 1 aromatic heterocycles. The molecule has 0 spiro atoms. The maximum Gasteiger partial charge on any atom is 0.159 e. The van der Waals surface area contributed by atoms with Crippen LogP contribution < -0.4 is 4.74 Å². The summed E-state index contributed by atoms with van der Waals surface area (Å²) in [6.45, 7) is 5.33. The maximum atomic E-state index is 5.84. The topological polar surface area (TPSA) is 35.0 Å². The minimum Gasteiger partial charge on any atom is -0.494 e. The van der Waals surface area contributed by atoms with E-state index in [4.69, 9.17) is 4.74 Å². The van der Waals surface area contributed by atoms with Crippen molar-refractivity contribution in [3.05, 3.63) is 42.2 Å². The van der Waals surface area contributed by atoms with Crippen molar-refractivity contribution in [3.8, 4) is 17.1 Å². The third kappa shape index (κ3) is 8.56. The van der Waals surface area contributed by atoms with Gasteiger partial charge < -0.3 is 4.74 Å². The summed E-state index contributed by atoms with van der Waals surface area (Å²) in [5, 5.41) is 0. The quantitative estimate of drug-likeness (QED) is 0.279. The molecule has 2 aromatic rings. The van der Waals surface area contributed by atoms with Crippen LogP contribution >= 0.6 is 0 Å². The highest BCUT2D eigenvalue weighted by Gasteiger charge is 2.20. The Morgan fingerprint density at radius 1 is 0.750 bits per heavy atom. The van der Waals surface area contributed by atoms with Gasteiger partial charge in [0.25, 0.3) is 0 Å². The first-order valence-electron chi connectivity index (χ1n) is 13.3. The molecule has 1 aromatic carbocycles. The molecule has 3 rings (SSSR count). The molecule has 1 fully saturated rings. The first-order valence-corrected chi connectivity index (χ1v) is 13.3. The van der Waals surface area contributed by atoms with Gasteiger partial charge in [-0.3, -0.25) is 0 Å². The van der Waals surface area contributed by atoms with Crippen molar-refractivity contribution in [2.45, 2.75) is 104 Å². The van der Waals surface area contributed by atoms with Crippen LogP contribution in [0, 0.1) is 11.8 Å². The summed E-state index contributed by atoms with van der Waals surface area (Å²) in [7, 11) is 0. The average molecular weight is 437 g/mol. The molecule has 0 atom stereocenters. The maximum absolute atomic E-state index is 5.84. The summed E-state index contributed by atoms with van der Waals surface area (Å²) in [4.78, 5) is 9.28. The van der Waals surface area contributed by atoms with Gasteiger partial charge in [0.1, 0.15) is 5.75 Å². The highest BCUT2D eigenvalue weighted by molar-refractivity contribution is 5.55. The zero-order chi connectivity index (χ0) is 22.4. The van der Waals surface area contributed by atoms with Gasteiger partial charge in [0.05, 0.1) is 6.61 Å². The fourth-order valence-corrected chi connectivity index (χ4v) is 4.91. The number of benzene rings is 1. The van der Waals surface area contributed by atoms with Crippen molar-refractivity contribution >= 4 is 0 Å². The lowest BCUT2D eigenvalue weighted by atomic mass is 9.78. The number of rotatable bonds is 14. The van der Waals surface area contributed by atoms with E-state index in [1.807, 2.05) is 24.5 Å². The number of aryl methyl sites for hydroxylation is 1. The Morgan fingerprint density at radius 3 is 2.03 bits per heavy atom. The van der Waals surface area contributed by atoms with Crippen molar-refractivity contribution in [3.63, 3.8) is 0 Å². The zero-order valence-electron chi connectivity index (χ0n) is 20.5. The SMILES string of the molecule is CCCCCCOc1ccc(-c2ncc(CCC3CCC(CCCCC)CC3)cn2)cc1. The van der Waals surface area contributed by atoms with Crippen LogP contribution in [0.1, 0.15) is 103 Å². The van der Waals surface area contributed by atoms with Crippen LogP contribution in [0.25, 0.3) is 11.4 Å². The minimum absolute atomic E-state index is 0.797. The van der Waals surface area contributed by atoms with Crippen LogP contribution in [-0.4, -0.2) is 16.6 Å². The van der Waals surface area contributed by atoms with E-state index in [-0.39, 0.29) is 0 Å². The van der Waals surface area contributed by atoms with Crippen molar-refractivity contribution < 1.29 is 4.74 Å². The van der Waals surface area contributed by atoms with Gasteiger partial charge in [-0.05, 0) is 60.9 Å². The molecule has 0 unspecified atom stereocenters. The number of hydrogen-bond donors (Lipinski definition) is 0. The van der Waals surface area contributed by atoms with Gasteiger partial charge in [0, 0.05) is 18.0 Å². The lowest BCUT2D eigenvalue weighted by molar-refractivity contribution is 0.249. The van der Waals surface area contributed by atoms with Gasteiger partial charge in [0.2, 0.25) is 0 Å². The molecule has 32 heavy (non-hydrogen) atoms. The van der Waals surface area contributed by atoms with Gasteiger partial charge in [-0.2, -0.15) is 0 Å². The lowest BCUT2D eigenvalue weighted by Gasteiger charge is -2.28. The van der Waals surface area contributed by atoms with E-state index in [1.165, 1.54) is 82.6 Å². The highest BCUT2D eigenvalue weighted by Crippen LogP contribution is 2.34. The van der Waals surface area contributed by atoms with Crippen LogP contribution in [0.4, 0.5) is 0 Å². The van der Waals surface area contributed by atoms with Crippen molar-refractivity contribution in [1.29, 1.82) is 0 Å². The van der Waals surface area contributed by atoms with Crippen LogP contribution in [0.2, 0.25) is 0 Å². The first kappa shape index (κ1) is 24.7. The van der Waals surface area contributed by atoms with E-state index < -0.39 is 0 Å². The van der Waals surface area contributed by atoms with E-state index in [0.717, 1.165) is 48.4 Å². The molecule has 1 heterocycles. The molecular formula is C29H44N2O. The Kier molecular flexibility index (Phi) is 11.0. The molecule has 0 bridgehead atoms. The Morgan fingerprint density at radius 2 is 1.38 bits per heavy atom. The molecule has 0 saturated heterocycles. The molecule has 1 aliphatic rings. The molecule has 0 aliphatic heterocycles. The largest absolute Gasteiger partial charge is 0.494 e. The molecule has 176 valence electrons. The standard InChI is InChI=1S/C29H44N2O/c1-3-5-7-9-21-32-28-19-17-27(18-20-28)29-30-22-26(23-31-29)16-15-25-13-11-24(12-14-25)10-8-6-4-2/h17-20,22-25H,3-16,21H2,1-2H3. The van der Waals surface area contributed by atoms with Gasteiger partial charge in [0.15, 0.2) is 5.82 Å². The summed E-state index contributed by atoms with van der Waals surface area (Å²) in [5.74, 6) is 3.63. The van der Waals surface area contributed by atoms with Crippen LogP contribution in [0.15, 0.2) is 36.7 Å². The van der Waals surface area contributed by atoms with Gasteiger partial charge in [-0.15, -0.1) is 0 Å². The monoisotopic (exact) mass is 436 g/mol. The Hall–Kier alpha value is -1.90. The predicted octanol–water partition coefficient (Wildman–Crippen LogP) is 8.42. The zero-order valence-corrected chi connectivity index (χ0v) is 20.5.